The molecule has 0 heterocycles. The number of ketones is 1. The van der Waals surface area contributed by atoms with Crippen molar-refractivity contribution in [2.75, 3.05) is 26.2 Å². The molecule has 3 rings (SSSR count). The van der Waals surface area contributed by atoms with Crippen molar-refractivity contribution in [2.45, 2.75) is 97.7 Å². The molecule has 34 heavy (non-hydrogen) atoms. The summed E-state index contributed by atoms with van der Waals surface area (Å²) in [7, 11) is 0. The molecular weight excluding hydrogens is 432 g/mol. The fourth-order valence-corrected chi connectivity index (χ4v) is 7.83. The fourth-order valence-electron chi connectivity index (χ4n) is 7.83. The topological polar surface area (TPSA) is 124 Å². The van der Waals surface area contributed by atoms with Crippen LogP contribution in [0.3, 0.4) is 0 Å². The number of hydrogen-bond donors (Lipinski definition) is 4. The van der Waals surface area contributed by atoms with Crippen molar-refractivity contribution in [3.05, 3.63) is 0 Å². The van der Waals surface area contributed by atoms with Gasteiger partial charge in [-0.3, -0.25) is 4.79 Å². The number of unbranched alkanes of at least 4 members (excludes halogenated alkanes) is 2. The molecule has 8 atom stereocenters. The molecule has 6 N–H and O–H groups in total. The Morgan fingerprint density at radius 1 is 1.24 bits per heavy atom. The first kappa shape index (κ1) is 27.6. The lowest BCUT2D eigenvalue weighted by Crippen LogP contribution is -2.65. The quantitative estimate of drug-likeness (QED) is 0.280. The Morgan fingerprint density at radius 2 is 1.97 bits per heavy atom. The zero-order chi connectivity index (χ0) is 25.1. The molecule has 3 saturated carbocycles. The third-order valence-electron chi connectivity index (χ3n) is 10.3. The van der Waals surface area contributed by atoms with Crippen LogP contribution in [0.5, 0.6) is 0 Å². The van der Waals surface area contributed by atoms with Crippen LogP contribution in [0.2, 0.25) is 0 Å². The van der Waals surface area contributed by atoms with Crippen molar-refractivity contribution in [1.29, 1.82) is 0 Å². The molecule has 0 spiro atoms. The minimum Gasteiger partial charge on any atom is -0.460 e. The van der Waals surface area contributed by atoms with Gasteiger partial charge in [0.25, 0.3) is 0 Å². The first-order chi connectivity index (χ1) is 16.1. The molecule has 0 aromatic heterocycles. The van der Waals surface area contributed by atoms with Crippen LogP contribution in [0.1, 0.15) is 85.5 Å². The Kier molecular flexibility index (Phi) is 8.87. The third kappa shape index (κ3) is 4.70. The molecule has 3 aliphatic carbocycles. The molecule has 3 aliphatic rings. The van der Waals surface area contributed by atoms with Crippen LogP contribution in [0.15, 0.2) is 0 Å². The lowest BCUT2D eigenvalue weighted by Gasteiger charge is -2.62. The van der Waals surface area contributed by atoms with E-state index in [0.717, 1.165) is 58.0 Å². The number of ether oxygens (including phenoxy) is 1. The molecule has 0 aromatic carbocycles. The van der Waals surface area contributed by atoms with Crippen LogP contribution in [0.4, 0.5) is 0 Å². The lowest BCUT2D eigenvalue weighted by atomic mass is 9.43. The van der Waals surface area contributed by atoms with E-state index < -0.39 is 35.6 Å². The second kappa shape index (κ2) is 10.9. The van der Waals surface area contributed by atoms with Crippen molar-refractivity contribution in [2.24, 2.45) is 34.0 Å². The van der Waals surface area contributed by atoms with Crippen molar-refractivity contribution in [3.63, 3.8) is 0 Å². The average molecular weight is 482 g/mol. The van der Waals surface area contributed by atoms with Gasteiger partial charge in [-0.15, -0.1) is 0 Å². The van der Waals surface area contributed by atoms with Crippen LogP contribution < -0.4 is 11.1 Å². The number of quaternary nitrogens is 1. The summed E-state index contributed by atoms with van der Waals surface area (Å²) in [5.41, 5.74) is 2.66. The van der Waals surface area contributed by atoms with E-state index in [1.54, 1.807) is 0 Å². The van der Waals surface area contributed by atoms with Crippen LogP contribution >= 0.6 is 0 Å². The number of aliphatic hydroxyl groups is 2. The normalized spacial score (nSPS) is 42.1. The zero-order valence-corrected chi connectivity index (χ0v) is 21.9. The predicted octanol–water partition coefficient (Wildman–Crippen LogP) is 2.09. The van der Waals surface area contributed by atoms with Gasteiger partial charge in [-0.25, -0.2) is 4.79 Å². The Labute approximate surface area is 205 Å². The number of aliphatic hydroxyl groups excluding tert-OH is 2. The van der Waals surface area contributed by atoms with E-state index in [-0.39, 0.29) is 29.0 Å². The minimum absolute atomic E-state index is 0.0249. The minimum atomic E-state index is -0.670. The molecule has 1 unspecified atom stereocenters. The van der Waals surface area contributed by atoms with Gasteiger partial charge in [0.15, 0.2) is 0 Å². The molecule has 0 radical (unpaired) electrons. The van der Waals surface area contributed by atoms with Crippen molar-refractivity contribution < 1.29 is 30.3 Å². The number of Topliss-reactive ketones (excluding diaryl/α,β-unsaturated/α-hetero) is 1. The van der Waals surface area contributed by atoms with Crippen molar-refractivity contribution in [3.8, 4) is 0 Å². The van der Waals surface area contributed by atoms with Crippen molar-refractivity contribution >= 4 is 11.8 Å². The van der Waals surface area contributed by atoms with E-state index in [0.29, 0.717) is 19.4 Å². The molecule has 3 fully saturated rings. The summed E-state index contributed by atoms with van der Waals surface area (Å²) < 4.78 is 5.93. The van der Waals surface area contributed by atoms with Crippen molar-refractivity contribution in [1.82, 2.24) is 5.32 Å². The Morgan fingerprint density at radius 3 is 2.62 bits per heavy atom. The van der Waals surface area contributed by atoms with Gasteiger partial charge >= 0.3 is 5.97 Å². The summed E-state index contributed by atoms with van der Waals surface area (Å²) in [5.74, 6) is -0.449. The zero-order valence-electron chi connectivity index (χ0n) is 21.9. The first-order valence-electron chi connectivity index (χ1n) is 13.6. The standard InChI is InChI=1S/C27H48N2O5/c1-5-25(3)15-21(34-22(32)17-30)26(4)18(2)9-11-27(12-10-20(31)23(26)27)19(24(25)33)16-29-14-8-6-7-13-28/h18-19,21,23-24,29-30,33H,5-17,28H2,1-4H3/p+1/t18-,19-,21-,23?,24+,25+,26+,27+/m1/s1. The highest BCUT2D eigenvalue weighted by Crippen LogP contribution is 2.68. The van der Waals surface area contributed by atoms with E-state index in [4.69, 9.17) is 4.74 Å². The van der Waals surface area contributed by atoms with Gasteiger partial charge in [-0.2, -0.15) is 0 Å². The summed E-state index contributed by atoms with van der Waals surface area (Å²) >= 11 is 0. The van der Waals surface area contributed by atoms with E-state index in [9.17, 15) is 19.8 Å². The molecule has 7 nitrogen and oxygen atoms in total. The Bertz CT molecular complexity index is 732. The molecule has 7 heteroatoms. The number of nitrogens with one attached hydrogen (secondary N) is 1. The predicted molar refractivity (Wildman–Crippen MR) is 131 cm³/mol. The molecule has 0 saturated heterocycles. The van der Waals surface area contributed by atoms with Crippen LogP contribution in [0, 0.1) is 34.0 Å². The highest BCUT2D eigenvalue weighted by atomic mass is 16.6. The number of carbonyl (C=O) groups excluding carboxylic acids is 2. The van der Waals surface area contributed by atoms with E-state index >= 15 is 0 Å². The monoisotopic (exact) mass is 481 g/mol. The second-order valence-electron chi connectivity index (χ2n) is 12.0. The molecule has 0 aliphatic heterocycles. The van der Waals surface area contributed by atoms with Gasteiger partial charge in [-0.05, 0) is 74.7 Å². The third-order valence-corrected chi connectivity index (χ3v) is 10.3. The number of esters is 1. The van der Waals surface area contributed by atoms with E-state index in [1.165, 1.54) is 0 Å². The fraction of sp³-hybridized carbons (Fsp3) is 0.926. The summed E-state index contributed by atoms with van der Waals surface area (Å²) in [4.78, 5) is 25.9. The molecule has 2 bridgehead atoms. The largest absolute Gasteiger partial charge is 0.460 e. The van der Waals surface area contributed by atoms with Crippen LogP contribution in [-0.2, 0) is 14.3 Å². The Hall–Kier alpha value is -1.02. The first-order valence-corrected chi connectivity index (χ1v) is 13.6. The maximum Gasteiger partial charge on any atom is 0.332 e. The highest BCUT2D eigenvalue weighted by molar-refractivity contribution is 5.85. The maximum atomic E-state index is 13.6. The highest BCUT2D eigenvalue weighted by Gasteiger charge is 2.69. The summed E-state index contributed by atoms with van der Waals surface area (Å²) in [5, 5.41) is 25.1. The Balaban J connectivity index is 2.02. The van der Waals surface area contributed by atoms with Gasteiger partial charge < -0.3 is 26.0 Å². The van der Waals surface area contributed by atoms with E-state index in [2.05, 4.69) is 38.7 Å². The van der Waals surface area contributed by atoms with Gasteiger partial charge in [0, 0.05) is 30.2 Å². The molecule has 0 amide bonds. The maximum absolute atomic E-state index is 13.6. The molecule has 0 aromatic rings. The number of carbonyl (C=O) groups is 2. The number of rotatable bonds is 10. The summed E-state index contributed by atoms with van der Waals surface area (Å²) in [6.07, 6.45) is 6.70. The molecular formula is C27H49N2O5+. The summed E-state index contributed by atoms with van der Waals surface area (Å²) in [6.45, 7) is 10.4. The van der Waals surface area contributed by atoms with Gasteiger partial charge in [-0.1, -0.05) is 27.7 Å². The number of hydrogen-bond acceptors (Lipinski definition) is 6. The van der Waals surface area contributed by atoms with Crippen LogP contribution in [0.25, 0.3) is 0 Å². The molecule has 196 valence electrons. The second-order valence-corrected chi connectivity index (χ2v) is 12.0. The summed E-state index contributed by atoms with van der Waals surface area (Å²) in [6, 6.07) is 0. The van der Waals surface area contributed by atoms with Gasteiger partial charge in [0.1, 0.15) is 18.5 Å². The van der Waals surface area contributed by atoms with Gasteiger partial charge in [0.2, 0.25) is 0 Å². The van der Waals surface area contributed by atoms with Crippen LogP contribution in [-0.4, -0.2) is 60.4 Å². The van der Waals surface area contributed by atoms with Gasteiger partial charge in [0.05, 0.1) is 12.6 Å². The van der Waals surface area contributed by atoms with E-state index in [1.807, 2.05) is 0 Å². The average Bonchev–Trinajstić information content (AvgIpc) is 3.17. The lowest BCUT2D eigenvalue weighted by molar-refractivity contribution is -0.368. The smallest absolute Gasteiger partial charge is 0.332 e. The SMILES string of the molecule is CC[C@@]1(C)C[C@@H](OC(=O)CO)[C@@]2(C)C3C(=O)CC[C@@]3(CC[C@H]2C)[C@H](CNCCCCC[NH3+])[C@@H]1O.